The van der Waals surface area contributed by atoms with Gasteiger partial charge in [-0.1, -0.05) is 29.8 Å². The highest BCUT2D eigenvalue weighted by Crippen LogP contribution is 2.35. The second-order valence-corrected chi connectivity index (χ2v) is 6.54. The van der Waals surface area contributed by atoms with E-state index in [0.717, 1.165) is 30.2 Å². The number of hydrogen-bond donors (Lipinski definition) is 2. The summed E-state index contributed by atoms with van der Waals surface area (Å²) < 4.78 is 38.9. The third-order valence-electron chi connectivity index (χ3n) is 4.60. The lowest BCUT2D eigenvalue weighted by atomic mass is 9.90. The van der Waals surface area contributed by atoms with Gasteiger partial charge in [-0.05, 0) is 43.4 Å². The molecule has 1 aliphatic carbocycles. The number of nitrogens with one attached hydrogen (secondary N) is 1. The van der Waals surface area contributed by atoms with Crippen LogP contribution in [0.5, 0.6) is 0 Å². The number of rotatable bonds is 4. The van der Waals surface area contributed by atoms with Crippen LogP contribution >= 0.6 is 0 Å². The van der Waals surface area contributed by atoms with Crippen LogP contribution in [0.1, 0.15) is 52.9 Å². The molecule has 25 heavy (non-hydrogen) atoms. The maximum atomic E-state index is 13.0. The van der Waals surface area contributed by atoms with Gasteiger partial charge < -0.3 is 10.4 Å². The molecule has 1 aromatic heterocycles. The van der Waals surface area contributed by atoms with E-state index < -0.39 is 17.8 Å². The summed E-state index contributed by atoms with van der Waals surface area (Å²) in [7, 11) is 0. The Morgan fingerprint density at radius 1 is 1.32 bits per heavy atom. The van der Waals surface area contributed by atoms with Gasteiger partial charge in [0.2, 0.25) is 0 Å². The van der Waals surface area contributed by atoms with E-state index in [-0.39, 0.29) is 12.6 Å². The summed E-state index contributed by atoms with van der Waals surface area (Å²) in [6.45, 7) is 2.23. The molecule has 0 aliphatic heterocycles. The smallest absolute Gasteiger partial charge is 0.387 e. The van der Waals surface area contributed by atoms with Gasteiger partial charge in [0.25, 0.3) is 0 Å². The number of aliphatic hydroxyl groups is 1. The molecule has 2 atom stereocenters. The Balaban J connectivity index is 1.74. The van der Waals surface area contributed by atoms with Gasteiger partial charge >= 0.3 is 6.18 Å². The van der Waals surface area contributed by atoms with Gasteiger partial charge in [0.15, 0.2) is 0 Å². The van der Waals surface area contributed by atoms with E-state index in [9.17, 15) is 18.3 Å². The van der Waals surface area contributed by atoms with Crippen LogP contribution in [0.4, 0.5) is 13.2 Å². The molecule has 134 valence electrons. The van der Waals surface area contributed by atoms with E-state index in [4.69, 9.17) is 0 Å². The molecule has 0 saturated heterocycles. The highest BCUT2D eigenvalue weighted by Gasteiger charge is 2.33. The summed E-state index contributed by atoms with van der Waals surface area (Å²) in [6, 6.07) is 8.55. The van der Waals surface area contributed by atoms with Gasteiger partial charge in [-0.25, -0.2) is 0 Å². The third-order valence-corrected chi connectivity index (χ3v) is 4.60. The normalized spacial score (nSPS) is 18.7. The van der Waals surface area contributed by atoms with Crippen molar-refractivity contribution < 1.29 is 18.3 Å². The second-order valence-electron chi connectivity index (χ2n) is 6.54. The van der Waals surface area contributed by atoms with Crippen LogP contribution in [0.3, 0.4) is 0 Å². The predicted octanol–water partition coefficient (Wildman–Crippen LogP) is 4.11. The van der Waals surface area contributed by atoms with Gasteiger partial charge in [-0.2, -0.15) is 13.2 Å². The lowest BCUT2D eigenvalue weighted by Gasteiger charge is -2.27. The summed E-state index contributed by atoms with van der Waals surface area (Å²) in [5.74, 6) is 0. The van der Waals surface area contributed by atoms with Crippen LogP contribution < -0.4 is 5.32 Å². The Bertz CT molecular complexity index is 746. The zero-order valence-corrected chi connectivity index (χ0v) is 14.0. The number of halogens is 3. The molecule has 1 heterocycles. The molecule has 2 N–H and O–H groups in total. The number of nitrogens with zero attached hydrogens (tertiary/aromatic N) is 1. The minimum Gasteiger partial charge on any atom is -0.387 e. The maximum absolute atomic E-state index is 13.0. The van der Waals surface area contributed by atoms with Gasteiger partial charge in [0.1, 0.15) is 0 Å². The van der Waals surface area contributed by atoms with E-state index in [0.29, 0.717) is 17.7 Å². The Labute approximate surface area is 144 Å². The minimum atomic E-state index is -4.40. The average Bonchev–Trinajstić information content (AvgIpc) is 2.58. The molecular weight excluding hydrogens is 329 g/mol. The molecule has 0 fully saturated rings. The van der Waals surface area contributed by atoms with Crippen molar-refractivity contribution >= 4 is 0 Å². The lowest BCUT2D eigenvalue weighted by Crippen LogP contribution is -2.30. The van der Waals surface area contributed by atoms with Crippen LogP contribution in [-0.4, -0.2) is 16.6 Å². The fourth-order valence-electron chi connectivity index (χ4n) is 3.27. The highest BCUT2D eigenvalue weighted by atomic mass is 19.4. The summed E-state index contributed by atoms with van der Waals surface area (Å²) in [4.78, 5) is 4.01. The van der Waals surface area contributed by atoms with Gasteiger partial charge in [-0.3, -0.25) is 4.98 Å². The molecule has 1 aliphatic rings. The Morgan fingerprint density at radius 2 is 2.12 bits per heavy atom. The molecule has 3 nitrogen and oxygen atoms in total. The number of aryl methyl sites for hydroxylation is 2. The van der Waals surface area contributed by atoms with Crippen LogP contribution in [0, 0.1) is 6.92 Å². The highest BCUT2D eigenvalue weighted by molar-refractivity contribution is 5.32. The van der Waals surface area contributed by atoms with Gasteiger partial charge in [0, 0.05) is 24.5 Å². The lowest BCUT2D eigenvalue weighted by molar-refractivity contribution is -0.137. The molecule has 0 unspecified atom stereocenters. The van der Waals surface area contributed by atoms with E-state index in [2.05, 4.69) is 10.3 Å². The quantitative estimate of drug-likeness (QED) is 0.872. The Morgan fingerprint density at radius 3 is 2.84 bits per heavy atom. The first-order valence-electron chi connectivity index (χ1n) is 8.38. The van der Waals surface area contributed by atoms with E-state index in [1.54, 1.807) is 0 Å². The SMILES string of the molecule is Cc1cccc([C@H](O)CN[C@@H]2CCCc3ncc(C(F)(F)F)cc32)c1. The first-order valence-corrected chi connectivity index (χ1v) is 8.38. The monoisotopic (exact) mass is 350 g/mol. The summed E-state index contributed by atoms with van der Waals surface area (Å²) in [5.41, 5.74) is 2.43. The molecule has 0 bridgehead atoms. The van der Waals surface area contributed by atoms with Gasteiger partial charge in [-0.15, -0.1) is 0 Å². The molecule has 0 radical (unpaired) electrons. The van der Waals surface area contributed by atoms with Crippen LogP contribution in [-0.2, 0) is 12.6 Å². The third kappa shape index (κ3) is 4.19. The van der Waals surface area contributed by atoms with E-state index >= 15 is 0 Å². The van der Waals surface area contributed by atoms with Crippen molar-refractivity contribution in [2.75, 3.05) is 6.54 Å². The van der Waals surface area contributed by atoms with Crippen LogP contribution in [0.15, 0.2) is 36.5 Å². The first-order chi connectivity index (χ1) is 11.8. The molecule has 1 aromatic carbocycles. The van der Waals surface area contributed by atoms with E-state index in [1.807, 2.05) is 31.2 Å². The fourth-order valence-corrected chi connectivity index (χ4v) is 3.27. The second kappa shape index (κ2) is 7.14. The molecule has 2 aromatic rings. The van der Waals surface area contributed by atoms with Crippen LogP contribution in [0.25, 0.3) is 0 Å². The number of pyridine rings is 1. The summed E-state index contributed by atoms with van der Waals surface area (Å²) in [6.07, 6.45) is -1.91. The van der Waals surface area contributed by atoms with Crippen molar-refractivity contribution in [2.45, 2.75) is 44.5 Å². The van der Waals surface area contributed by atoms with Crippen molar-refractivity contribution in [1.82, 2.24) is 10.3 Å². The van der Waals surface area contributed by atoms with Crippen molar-refractivity contribution in [1.29, 1.82) is 0 Å². The number of fused-ring (bicyclic) bond motifs is 1. The average molecular weight is 350 g/mol. The molecule has 0 amide bonds. The predicted molar refractivity (Wildman–Crippen MR) is 89.1 cm³/mol. The molecule has 3 rings (SSSR count). The number of alkyl halides is 3. The Hall–Kier alpha value is -1.92. The molecule has 0 saturated carbocycles. The van der Waals surface area contributed by atoms with Gasteiger partial charge in [0.05, 0.1) is 11.7 Å². The zero-order valence-electron chi connectivity index (χ0n) is 14.0. The number of hydrogen-bond acceptors (Lipinski definition) is 3. The number of aliphatic hydroxyl groups excluding tert-OH is 1. The standard InChI is InChI=1S/C19H21F3N2O/c1-12-4-2-5-13(8-12)18(25)11-24-17-7-3-6-16-15(17)9-14(10-23-16)19(20,21)22/h2,4-5,8-10,17-18,24-25H,3,6-7,11H2,1H3/t17-,18-/m1/s1. The topological polar surface area (TPSA) is 45.1 Å². The Kier molecular flexibility index (Phi) is 5.11. The molecular formula is C19H21F3N2O. The molecule has 0 spiro atoms. The van der Waals surface area contributed by atoms with Crippen molar-refractivity contribution in [3.63, 3.8) is 0 Å². The van der Waals surface area contributed by atoms with Crippen molar-refractivity contribution in [3.8, 4) is 0 Å². The van der Waals surface area contributed by atoms with Crippen molar-refractivity contribution in [2.24, 2.45) is 0 Å². The summed E-state index contributed by atoms with van der Waals surface area (Å²) in [5, 5.41) is 13.6. The zero-order chi connectivity index (χ0) is 18.0. The van der Waals surface area contributed by atoms with Crippen LogP contribution in [0.2, 0.25) is 0 Å². The largest absolute Gasteiger partial charge is 0.417 e. The maximum Gasteiger partial charge on any atom is 0.417 e. The number of aromatic nitrogens is 1. The van der Waals surface area contributed by atoms with Crippen molar-refractivity contribution in [3.05, 3.63) is 64.5 Å². The fraction of sp³-hybridized carbons (Fsp3) is 0.421. The first kappa shape index (κ1) is 17.9. The van der Waals surface area contributed by atoms with E-state index in [1.165, 1.54) is 6.07 Å². The number of benzene rings is 1. The minimum absolute atomic E-state index is 0.224. The molecule has 6 heteroatoms. The summed E-state index contributed by atoms with van der Waals surface area (Å²) >= 11 is 0.